The molecule has 1 amide bonds. The molecule has 0 unspecified atom stereocenters. The van der Waals surface area contributed by atoms with Gasteiger partial charge in [-0.3, -0.25) is 4.79 Å². The summed E-state index contributed by atoms with van der Waals surface area (Å²) in [6.45, 7) is 6.09. The second-order valence-electron chi connectivity index (χ2n) is 6.41. The largest absolute Gasteiger partial charge is 0.393 e. The Hall–Kier alpha value is -0.570. The van der Waals surface area contributed by atoms with E-state index in [9.17, 15) is 9.90 Å². The van der Waals surface area contributed by atoms with E-state index in [1.165, 1.54) is 12.8 Å². The van der Waals surface area contributed by atoms with Crippen LogP contribution in [-0.4, -0.2) is 35.1 Å². The molecule has 3 nitrogen and oxygen atoms in total. The first kappa shape index (κ1) is 13.9. The van der Waals surface area contributed by atoms with E-state index < -0.39 is 0 Å². The Morgan fingerprint density at radius 1 is 1.06 bits per heavy atom. The Labute approximate surface area is 111 Å². The van der Waals surface area contributed by atoms with Gasteiger partial charge in [-0.05, 0) is 50.4 Å². The molecule has 0 radical (unpaired) electrons. The maximum Gasteiger partial charge on any atom is 0.225 e. The lowest BCUT2D eigenvalue weighted by Crippen LogP contribution is -2.43. The summed E-state index contributed by atoms with van der Waals surface area (Å²) in [5, 5.41) is 9.48. The smallest absolute Gasteiger partial charge is 0.225 e. The van der Waals surface area contributed by atoms with E-state index in [1.54, 1.807) is 0 Å². The van der Waals surface area contributed by atoms with Crippen molar-refractivity contribution in [2.45, 2.75) is 58.5 Å². The molecule has 104 valence electrons. The van der Waals surface area contributed by atoms with E-state index in [-0.39, 0.29) is 12.0 Å². The van der Waals surface area contributed by atoms with Gasteiger partial charge in [0.2, 0.25) is 5.91 Å². The Bertz CT molecular complexity index is 274. The number of aliphatic hydroxyl groups is 1. The average molecular weight is 253 g/mol. The number of hydrogen-bond donors (Lipinski definition) is 1. The summed E-state index contributed by atoms with van der Waals surface area (Å²) in [7, 11) is 0. The number of carbonyl (C=O) groups excluding carboxylic acids is 1. The molecule has 3 heteroatoms. The van der Waals surface area contributed by atoms with Crippen molar-refractivity contribution in [1.82, 2.24) is 4.90 Å². The van der Waals surface area contributed by atoms with Gasteiger partial charge in [-0.25, -0.2) is 0 Å². The van der Waals surface area contributed by atoms with Crippen molar-refractivity contribution in [3.05, 3.63) is 0 Å². The molecule has 0 aromatic rings. The van der Waals surface area contributed by atoms with Crippen molar-refractivity contribution in [2.75, 3.05) is 13.1 Å². The second-order valence-corrected chi connectivity index (χ2v) is 6.41. The normalized spacial score (nSPS) is 30.8. The van der Waals surface area contributed by atoms with Crippen molar-refractivity contribution < 1.29 is 9.90 Å². The maximum absolute atomic E-state index is 12.4. The van der Waals surface area contributed by atoms with Crippen LogP contribution < -0.4 is 0 Å². The summed E-state index contributed by atoms with van der Waals surface area (Å²) >= 11 is 0. The summed E-state index contributed by atoms with van der Waals surface area (Å²) in [5.74, 6) is 2.18. The maximum atomic E-state index is 12.4. The number of hydrogen-bond acceptors (Lipinski definition) is 2. The van der Waals surface area contributed by atoms with Gasteiger partial charge in [-0.1, -0.05) is 13.8 Å². The molecule has 0 spiro atoms. The van der Waals surface area contributed by atoms with Crippen LogP contribution in [0.4, 0.5) is 0 Å². The summed E-state index contributed by atoms with van der Waals surface area (Å²) < 4.78 is 0. The lowest BCUT2D eigenvalue weighted by atomic mass is 9.76. The number of carbonyl (C=O) groups is 1. The monoisotopic (exact) mass is 253 g/mol. The summed E-state index contributed by atoms with van der Waals surface area (Å²) in [5.41, 5.74) is 0. The van der Waals surface area contributed by atoms with Gasteiger partial charge in [0, 0.05) is 19.0 Å². The molecule has 0 bridgehead atoms. The fraction of sp³-hybridized carbons (Fsp3) is 0.933. The molecule has 1 saturated carbocycles. The molecule has 1 aliphatic carbocycles. The highest BCUT2D eigenvalue weighted by molar-refractivity contribution is 5.79. The van der Waals surface area contributed by atoms with Gasteiger partial charge in [-0.2, -0.15) is 0 Å². The third kappa shape index (κ3) is 3.25. The van der Waals surface area contributed by atoms with E-state index in [0.717, 1.165) is 50.6 Å². The van der Waals surface area contributed by atoms with E-state index in [4.69, 9.17) is 0 Å². The Morgan fingerprint density at radius 3 is 2.11 bits per heavy atom. The Morgan fingerprint density at radius 2 is 1.61 bits per heavy atom. The summed E-state index contributed by atoms with van der Waals surface area (Å²) in [6, 6.07) is 0. The van der Waals surface area contributed by atoms with Crippen molar-refractivity contribution >= 4 is 5.91 Å². The van der Waals surface area contributed by atoms with Crippen molar-refractivity contribution in [1.29, 1.82) is 0 Å². The zero-order valence-electron chi connectivity index (χ0n) is 11.8. The van der Waals surface area contributed by atoms with Gasteiger partial charge in [0.1, 0.15) is 0 Å². The first-order valence-corrected chi connectivity index (χ1v) is 7.54. The van der Waals surface area contributed by atoms with E-state index in [0.29, 0.717) is 5.91 Å². The lowest BCUT2D eigenvalue weighted by Gasteiger charge is -2.36. The first-order valence-electron chi connectivity index (χ1n) is 7.54. The topological polar surface area (TPSA) is 40.5 Å². The minimum absolute atomic E-state index is 0.189. The van der Waals surface area contributed by atoms with Crippen LogP contribution in [0.15, 0.2) is 0 Å². The highest BCUT2D eigenvalue weighted by atomic mass is 16.3. The van der Waals surface area contributed by atoms with E-state index in [2.05, 4.69) is 13.8 Å². The number of amides is 1. The quantitative estimate of drug-likeness (QED) is 0.821. The first-order chi connectivity index (χ1) is 8.58. The molecule has 1 saturated heterocycles. The van der Waals surface area contributed by atoms with Gasteiger partial charge in [0.15, 0.2) is 0 Å². The number of piperidine rings is 1. The molecule has 2 fully saturated rings. The highest BCUT2D eigenvalue weighted by Gasteiger charge is 2.31. The molecule has 2 rings (SSSR count). The van der Waals surface area contributed by atoms with Crippen LogP contribution in [0.5, 0.6) is 0 Å². The minimum Gasteiger partial charge on any atom is -0.393 e. The van der Waals surface area contributed by atoms with Gasteiger partial charge in [0.05, 0.1) is 6.10 Å². The third-order valence-electron chi connectivity index (χ3n) is 4.84. The third-order valence-corrected chi connectivity index (χ3v) is 4.84. The average Bonchev–Trinajstić information content (AvgIpc) is 2.39. The molecule has 2 aliphatic rings. The highest BCUT2D eigenvalue weighted by Crippen LogP contribution is 2.34. The zero-order chi connectivity index (χ0) is 13.1. The summed E-state index contributed by atoms with van der Waals surface area (Å²) in [6.07, 6.45) is 5.89. The van der Waals surface area contributed by atoms with Gasteiger partial charge >= 0.3 is 0 Å². The predicted octanol–water partition coefficient (Wildman–Crippen LogP) is 2.43. The fourth-order valence-corrected chi connectivity index (χ4v) is 3.38. The van der Waals surface area contributed by atoms with Crippen molar-refractivity contribution in [3.63, 3.8) is 0 Å². The number of aliphatic hydroxyl groups excluding tert-OH is 1. The molecule has 1 heterocycles. The number of rotatable bonds is 2. The summed E-state index contributed by atoms with van der Waals surface area (Å²) in [4.78, 5) is 14.4. The molecule has 0 aromatic heterocycles. The Balaban J connectivity index is 1.80. The minimum atomic E-state index is -0.189. The molecule has 18 heavy (non-hydrogen) atoms. The van der Waals surface area contributed by atoms with Gasteiger partial charge < -0.3 is 10.0 Å². The van der Waals surface area contributed by atoms with Crippen LogP contribution in [-0.2, 0) is 4.79 Å². The molecular weight excluding hydrogens is 226 g/mol. The van der Waals surface area contributed by atoms with Crippen molar-refractivity contribution in [3.8, 4) is 0 Å². The van der Waals surface area contributed by atoms with E-state index in [1.807, 2.05) is 4.90 Å². The number of likely N-dealkylation sites (tertiary alicyclic amines) is 1. The molecule has 0 atom stereocenters. The van der Waals surface area contributed by atoms with Crippen molar-refractivity contribution in [2.24, 2.45) is 17.8 Å². The standard InChI is InChI=1S/C15H27NO2/c1-11(2)12-3-5-13(6-4-12)15(18)16-9-7-14(17)8-10-16/h11-14,17H,3-10H2,1-2H3. The van der Waals surface area contributed by atoms with Crippen LogP contribution in [0.25, 0.3) is 0 Å². The van der Waals surface area contributed by atoms with Crippen LogP contribution in [0, 0.1) is 17.8 Å². The number of nitrogens with zero attached hydrogens (tertiary/aromatic N) is 1. The molecule has 1 aliphatic heterocycles. The predicted molar refractivity (Wildman–Crippen MR) is 72.1 cm³/mol. The van der Waals surface area contributed by atoms with Crippen LogP contribution in [0.3, 0.4) is 0 Å². The lowest BCUT2D eigenvalue weighted by molar-refractivity contribution is -0.139. The van der Waals surface area contributed by atoms with Crippen LogP contribution >= 0.6 is 0 Å². The molecule has 1 N–H and O–H groups in total. The van der Waals surface area contributed by atoms with E-state index >= 15 is 0 Å². The molecular formula is C15H27NO2. The molecule has 0 aromatic carbocycles. The van der Waals surface area contributed by atoms with Crippen LogP contribution in [0.2, 0.25) is 0 Å². The van der Waals surface area contributed by atoms with Gasteiger partial charge in [-0.15, -0.1) is 0 Å². The Kier molecular flexibility index (Phi) is 4.66. The van der Waals surface area contributed by atoms with Crippen LogP contribution in [0.1, 0.15) is 52.4 Å². The SMILES string of the molecule is CC(C)C1CCC(C(=O)N2CCC(O)CC2)CC1. The zero-order valence-corrected chi connectivity index (χ0v) is 11.8. The second kappa shape index (κ2) is 6.05. The van der Waals surface area contributed by atoms with Gasteiger partial charge in [0.25, 0.3) is 0 Å². The fourth-order valence-electron chi connectivity index (χ4n) is 3.38.